The number of halogens is 1. The van der Waals surface area contributed by atoms with Crippen LogP contribution in [0.15, 0.2) is 12.1 Å². The van der Waals surface area contributed by atoms with Gasteiger partial charge < -0.3 is 24.2 Å². The van der Waals surface area contributed by atoms with Crippen molar-refractivity contribution in [3.05, 3.63) is 17.7 Å². The van der Waals surface area contributed by atoms with Crippen LogP contribution in [0.1, 0.15) is 5.56 Å². The third kappa shape index (κ3) is 3.24. The lowest BCUT2D eigenvalue weighted by atomic mass is 10.1. The Balaban J connectivity index is 2.17. The second kappa shape index (κ2) is 6.83. The predicted octanol–water partition coefficient (Wildman–Crippen LogP) is 0.796. The van der Waals surface area contributed by atoms with Gasteiger partial charge in [-0.25, -0.2) is 4.39 Å². The normalized spacial score (nSPS) is 20.9. The van der Waals surface area contributed by atoms with E-state index in [0.29, 0.717) is 22.8 Å². The smallest absolute Gasteiger partial charge is 0.227 e. The molecular formula is C15H20FNO5. The van der Waals surface area contributed by atoms with Crippen LogP contribution in [0.25, 0.3) is 0 Å². The van der Waals surface area contributed by atoms with Gasteiger partial charge in [-0.05, 0) is 17.7 Å². The summed E-state index contributed by atoms with van der Waals surface area (Å²) in [4.78, 5) is 13.5. The fourth-order valence-electron chi connectivity index (χ4n) is 2.47. The van der Waals surface area contributed by atoms with Gasteiger partial charge in [0.25, 0.3) is 0 Å². The number of likely N-dealkylation sites (tertiary alicyclic amines) is 1. The largest absolute Gasteiger partial charge is 0.493 e. The first-order valence-electron chi connectivity index (χ1n) is 6.89. The molecular weight excluding hydrogens is 293 g/mol. The van der Waals surface area contributed by atoms with Crippen LogP contribution in [0, 0.1) is 0 Å². The number of rotatable bonds is 5. The minimum atomic E-state index is -1.39. The molecule has 2 rings (SSSR count). The van der Waals surface area contributed by atoms with Crippen LogP contribution >= 0.6 is 0 Å². The Morgan fingerprint density at radius 3 is 2.23 bits per heavy atom. The minimum Gasteiger partial charge on any atom is -0.493 e. The van der Waals surface area contributed by atoms with Gasteiger partial charge in [0.15, 0.2) is 11.5 Å². The van der Waals surface area contributed by atoms with Gasteiger partial charge in [0, 0.05) is 6.54 Å². The number of ether oxygens (including phenoxy) is 3. The summed E-state index contributed by atoms with van der Waals surface area (Å²) in [6.07, 6.45) is -2.43. The number of alkyl halides is 1. The maximum absolute atomic E-state index is 13.3. The number of benzene rings is 1. The van der Waals surface area contributed by atoms with Gasteiger partial charge in [-0.15, -0.1) is 0 Å². The average molecular weight is 313 g/mol. The lowest BCUT2D eigenvalue weighted by molar-refractivity contribution is -0.129. The fourth-order valence-corrected chi connectivity index (χ4v) is 2.47. The molecule has 6 nitrogen and oxygen atoms in total. The topological polar surface area (TPSA) is 68.2 Å². The average Bonchev–Trinajstić information content (AvgIpc) is 2.85. The molecule has 1 aromatic rings. The molecule has 7 heteroatoms. The Morgan fingerprint density at radius 2 is 1.82 bits per heavy atom. The van der Waals surface area contributed by atoms with Crippen LogP contribution in [0.2, 0.25) is 0 Å². The molecule has 0 bridgehead atoms. The van der Waals surface area contributed by atoms with E-state index in [1.165, 1.54) is 26.2 Å². The molecule has 1 aliphatic heterocycles. The molecule has 1 fully saturated rings. The van der Waals surface area contributed by atoms with Crippen LogP contribution in [-0.4, -0.2) is 62.6 Å². The molecule has 0 aliphatic carbocycles. The summed E-state index contributed by atoms with van der Waals surface area (Å²) in [7, 11) is 4.49. The summed E-state index contributed by atoms with van der Waals surface area (Å²) in [6, 6.07) is 3.36. The molecule has 1 saturated heterocycles. The van der Waals surface area contributed by atoms with Crippen molar-refractivity contribution in [1.82, 2.24) is 4.90 Å². The minimum absolute atomic E-state index is 0.0183. The second-order valence-electron chi connectivity index (χ2n) is 5.09. The van der Waals surface area contributed by atoms with Gasteiger partial charge in [-0.2, -0.15) is 0 Å². The zero-order chi connectivity index (χ0) is 16.3. The molecule has 22 heavy (non-hydrogen) atoms. The zero-order valence-electron chi connectivity index (χ0n) is 12.8. The summed E-state index contributed by atoms with van der Waals surface area (Å²) in [5, 5.41) is 9.39. The Bertz CT molecular complexity index is 516. The van der Waals surface area contributed by atoms with Crippen molar-refractivity contribution in [2.24, 2.45) is 0 Å². The first kappa shape index (κ1) is 16.4. The molecule has 1 amide bonds. The quantitative estimate of drug-likeness (QED) is 0.871. The van der Waals surface area contributed by atoms with E-state index in [1.54, 1.807) is 12.1 Å². The highest BCUT2D eigenvalue weighted by molar-refractivity contribution is 5.79. The lowest BCUT2D eigenvalue weighted by Crippen LogP contribution is -2.31. The number of hydrogen-bond donors (Lipinski definition) is 1. The maximum Gasteiger partial charge on any atom is 0.227 e. The molecule has 2 atom stereocenters. The number of nitrogens with zero attached hydrogens (tertiary/aromatic N) is 1. The number of β-amino-alcohol motifs (C(OH)–C–C–N with tert-alkyl or cyclic N) is 1. The van der Waals surface area contributed by atoms with E-state index >= 15 is 0 Å². The maximum atomic E-state index is 13.3. The highest BCUT2D eigenvalue weighted by Gasteiger charge is 2.33. The van der Waals surface area contributed by atoms with Crippen molar-refractivity contribution >= 4 is 5.91 Å². The molecule has 1 aromatic carbocycles. The number of aliphatic hydroxyl groups excluding tert-OH is 1. The van der Waals surface area contributed by atoms with E-state index in [1.807, 2.05) is 0 Å². The standard InChI is InChI=1S/C15H20FNO5/c1-20-12-4-9(5-13(21-2)15(12)22-3)6-14(19)17-7-10(16)11(18)8-17/h4-5,10-11,18H,6-8H2,1-3H3/t10-,11-/m1/s1. The van der Waals surface area contributed by atoms with Gasteiger partial charge in [0.1, 0.15) is 12.3 Å². The van der Waals surface area contributed by atoms with Crippen molar-refractivity contribution in [3.8, 4) is 17.2 Å². The lowest BCUT2D eigenvalue weighted by Gasteiger charge is -2.17. The van der Waals surface area contributed by atoms with Crippen molar-refractivity contribution in [2.45, 2.75) is 18.7 Å². The van der Waals surface area contributed by atoms with Crippen LogP contribution < -0.4 is 14.2 Å². The van der Waals surface area contributed by atoms with Crippen molar-refractivity contribution in [2.75, 3.05) is 34.4 Å². The van der Waals surface area contributed by atoms with Gasteiger partial charge in [0.05, 0.1) is 34.3 Å². The van der Waals surface area contributed by atoms with Gasteiger partial charge in [-0.3, -0.25) is 4.79 Å². The Labute approximate surface area is 128 Å². The highest BCUT2D eigenvalue weighted by Crippen LogP contribution is 2.38. The number of carbonyl (C=O) groups excluding carboxylic acids is 1. The van der Waals surface area contributed by atoms with Crippen molar-refractivity contribution in [3.63, 3.8) is 0 Å². The molecule has 1 heterocycles. The number of aliphatic hydroxyl groups is 1. The number of amides is 1. The molecule has 0 unspecified atom stereocenters. The fraction of sp³-hybridized carbons (Fsp3) is 0.533. The Hall–Kier alpha value is -2.02. The molecule has 0 aromatic heterocycles. The summed E-state index contributed by atoms with van der Waals surface area (Å²) in [5.41, 5.74) is 0.663. The van der Waals surface area contributed by atoms with E-state index in [-0.39, 0.29) is 25.4 Å². The third-order valence-electron chi connectivity index (χ3n) is 3.65. The third-order valence-corrected chi connectivity index (χ3v) is 3.65. The molecule has 0 saturated carbocycles. The molecule has 1 aliphatic rings. The van der Waals surface area contributed by atoms with Gasteiger partial charge in [0.2, 0.25) is 11.7 Å². The van der Waals surface area contributed by atoms with Crippen molar-refractivity contribution in [1.29, 1.82) is 0 Å². The van der Waals surface area contributed by atoms with E-state index in [2.05, 4.69) is 0 Å². The van der Waals surface area contributed by atoms with E-state index in [9.17, 15) is 14.3 Å². The Morgan fingerprint density at radius 1 is 1.23 bits per heavy atom. The van der Waals surface area contributed by atoms with Crippen LogP contribution in [0.4, 0.5) is 4.39 Å². The first-order chi connectivity index (χ1) is 10.5. The van der Waals surface area contributed by atoms with Crippen molar-refractivity contribution < 1.29 is 28.5 Å². The summed E-state index contributed by atoms with van der Waals surface area (Å²) < 4.78 is 29.0. The van der Waals surface area contributed by atoms with E-state index in [4.69, 9.17) is 14.2 Å². The van der Waals surface area contributed by atoms with Crippen LogP contribution in [0.3, 0.4) is 0 Å². The molecule has 0 spiro atoms. The summed E-state index contributed by atoms with van der Waals surface area (Å²) in [6.45, 7) is -0.0607. The van der Waals surface area contributed by atoms with Crippen LogP contribution in [-0.2, 0) is 11.2 Å². The SMILES string of the molecule is COc1cc(CC(=O)N2C[C@@H](O)[C@H](F)C2)cc(OC)c1OC. The van der Waals surface area contributed by atoms with Gasteiger partial charge >= 0.3 is 0 Å². The monoisotopic (exact) mass is 313 g/mol. The van der Waals surface area contributed by atoms with E-state index < -0.39 is 12.3 Å². The first-order valence-corrected chi connectivity index (χ1v) is 6.89. The van der Waals surface area contributed by atoms with E-state index in [0.717, 1.165) is 0 Å². The summed E-state index contributed by atoms with van der Waals surface area (Å²) in [5.74, 6) is 1.10. The highest BCUT2D eigenvalue weighted by atomic mass is 19.1. The molecule has 0 radical (unpaired) electrons. The number of hydrogen-bond acceptors (Lipinski definition) is 5. The zero-order valence-corrected chi connectivity index (χ0v) is 12.8. The second-order valence-corrected chi connectivity index (χ2v) is 5.09. The number of carbonyl (C=O) groups is 1. The molecule has 1 N–H and O–H groups in total. The Kier molecular flexibility index (Phi) is 5.07. The summed E-state index contributed by atoms with van der Waals surface area (Å²) >= 11 is 0. The van der Waals surface area contributed by atoms with Crippen LogP contribution in [0.5, 0.6) is 17.2 Å². The molecule has 122 valence electrons. The number of methoxy groups -OCH3 is 3. The predicted molar refractivity (Wildman–Crippen MR) is 77.3 cm³/mol. The van der Waals surface area contributed by atoms with Gasteiger partial charge in [-0.1, -0.05) is 0 Å².